The molecule has 158 valence electrons. The van der Waals surface area contributed by atoms with Crippen molar-refractivity contribution in [3.8, 4) is 0 Å². The fourth-order valence-electron chi connectivity index (χ4n) is 6.52. The molecule has 0 radical (unpaired) electrons. The molecule has 4 heterocycles. The molecule has 1 amide bonds. The van der Waals surface area contributed by atoms with E-state index < -0.39 is 0 Å². The fraction of sp³-hybridized carbons (Fsp3) is 0.773. The minimum absolute atomic E-state index is 0.0233. The molecule has 0 unspecified atom stereocenters. The molecule has 1 aromatic heterocycles. The van der Waals surface area contributed by atoms with Crippen LogP contribution in [0.2, 0.25) is 0 Å². The van der Waals surface area contributed by atoms with Crippen LogP contribution in [0, 0.1) is 23.6 Å². The van der Waals surface area contributed by atoms with Crippen molar-refractivity contribution in [2.24, 2.45) is 23.5 Å². The number of rotatable bonds is 5. The van der Waals surface area contributed by atoms with E-state index in [9.17, 15) is 9.18 Å². The third-order valence-electron chi connectivity index (χ3n) is 7.95. The number of piperidine rings is 2. The van der Waals surface area contributed by atoms with Gasteiger partial charge >= 0.3 is 0 Å². The summed E-state index contributed by atoms with van der Waals surface area (Å²) in [5.41, 5.74) is 5.81. The minimum Gasteiger partial charge on any atom is -0.368 e. The summed E-state index contributed by atoms with van der Waals surface area (Å²) in [5, 5.41) is 0. The molecule has 0 aromatic carbocycles. The van der Waals surface area contributed by atoms with Gasteiger partial charge in [-0.05, 0) is 76.0 Å². The highest BCUT2D eigenvalue weighted by atomic mass is 19.1. The Bertz CT molecular complexity index is 740. The molecule has 1 saturated carbocycles. The maximum absolute atomic E-state index is 13.2. The lowest BCUT2D eigenvalue weighted by Crippen LogP contribution is -2.56. The number of nitrogens with two attached hydrogens (primary N) is 1. The van der Waals surface area contributed by atoms with E-state index in [1.807, 2.05) is 0 Å². The lowest BCUT2D eigenvalue weighted by Gasteiger charge is -2.47. The van der Waals surface area contributed by atoms with Crippen LogP contribution < -0.4 is 10.6 Å². The van der Waals surface area contributed by atoms with Gasteiger partial charge in [-0.3, -0.25) is 9.69 Å². The molecule has 6 atom stereocenters. The third-order valence-corrected chi connectivity index (χ3v) is 7.95. The van der Waals surface area contributed by atoms with Crippen LogP contribution in [0.4, 0.5) is 10.3 Å². The number of nitrogens with zero attached hydrogens (tertiary/aromatic N) is 4. The highest BCUT2D eigenvalue weighted by Crippen LogP contribution is 2.48. The predicted octanol–water partition coefficient (Wildman–Crippen LogP) is 2.73. The molecule has 3 saturated heterocycles. The van der Waals surface area contributed by atoms with Gasteiger partial charge in [-0.15, -0.1) is 0 Å². The molecule has 6 nitrogen and oxygen atoms in total. The standard InChI is InChI=1S/C22H32FN5O/c1-13-8-15(6-7-27(13)22-25-11-17(23)12-26-22)16-9-18-4-5-19(10-16)28(18)20(21(24)29)14-2-3-14/h11-16,18-20H,2-10H2,1H3,(H2,24,29)/t13-,15-,16-,18-,19+,20+/m0/s1. The fourth-order valence-corrected chi connectivity index (χ4v) is 6.52. The van der Waals surface area contributed by atoms with E-state index in [0.717, 1.165) is 38.1 Å². The highest BCUT2D eigenvalue weighted by Gasteiger charge is 2.51. The molecule has 0 spiro atoms. The highest BCUT2D eigenvalue weighted by molar-refractivity contribution is 5.80. The Kier molecular flexibility index (Phi) is 4.96. The van der Waals surface area contributed by atoms with Crippen molar-refractivity contribution < 1.29 is 9.18 Å². The summed E-state index contributed by atoms with van der Waals surface area (Å²) >= 11 is 0. The van der Waals surface area contributed by atoms with Crippen LogP contribution in [0.5, 0.6) is 0 Å². The molecule has 2 N–H and O–H groups in total. The number of fused-ring (bicyclic) bond motifs is 2. The first-order chi connectivity index (χ1) is 14.0. The summed E-state index contributed by atoms with van der Waals surface area (Å²) in [4.78, 5) is 25.3. The van der Waals surface area contributed by atoms with E-state index in [-0.39, 0.29) is 17.8 Å². The zero-order valence-electron chi connectivity index (χ0n) is 17.2. The van der Waals surface area contributed by atoms with Gasteiger partial charge in [-0.1, -0.05) is 0 Å². The molecule has 4 fully saturated rings. The number of carbonyl (C=O) groups is 1. The van der Waals surface area contributed by atoms with Gasteiger partial charge in [0.15, 0.2) is 5.82 Å². The van der Waals surface area contributed by atoms with Crippen molar-refractivity contribution in [3.05, 3.63) is 18.2 Å². The number of anilines is 1. The summed E-state index contributed by atoms with van der Waals surface area (Å²) < 4.78 is 13.2. The number of amides is 1. The first-order valence-electron chi connectivity index (χ1n) is 11.3. The topological polar surface area (TPSA) is 75.3 Å². The van der Waals surface area contributed by atoms with Crippen molar-refractivity contribution in [2.75, 3.05) is 11.4 Å². The van der Waals surface area contributed by atoms with E-state index >= 15 is 0 Å². The van der Waals surface area contributed by atoms with Crippen LogP contribution in [-0.2, 0) is 4.79 Å². The SMILES string of the molecule is C[C@H]1C[C@@H]([C@@H]2C[C@H]3CC[C@@H](C2)N3[C@@H](C(N)=O)C2CC2)CCN1c1ncc(F)cn1. The van der Waals surface area contributed by atoms with Gasteiger partial charge in [-0.25, -0.2) is 14.4 Å². The average Bonchev–Trinajstić information content (AvgIpc) is 3.49. The van der Waals surface area contributed by atoms with Crippen LogP contribution >= 0.6 is 0 Å². The number of hydrogen-bond donors (Lipinski definition) is 1. The van der Waals surface area contributed by atoms with Crippen molar-refractivity contribution in [1.82, 2.24) is 14.9 Å². The normalized spacial score (nSPS) is 36.2. The Morgan fingerprint density at radius 3 is 2.28 bits per heavy atom. The second kappa shape index (κ2) is 7.49. The molecule has 29 heavy (non-hydrogen) atoms. The first kappa shape index (κ1) is 19.2. The van der Waals surface area contributed by atoms with Crippen LogP contribution in [-0.4, -0.2) is 51.5 Å². The lowest BCUT2D eigenvalue weighted by atomic mass is 9.74. The quantitative estimate of drug-likeness (QED) is 0.821. The molecule has 4 aliphatic rings. The van der Waals surface area contributed by atoms with Gasteiger partial charge in [0.1, 0.15) is 0 Å². The second-order valence-electron chi connectivity index (χ2n) is 9.78. The van der Waals surface area contributed by atoms with E-state index in [2.05, 4.69) is 26.7 Å². The molecular weight excluding hydrogens is 369 g/mol. The molecule has 2 bridgehead atoms. The van der Waals surface area contributed by atoms with Crippen LogP contribution in [0.25, 0.3) is 0 Å². The Hall–Kier alpha value is -1.76. The van der Waals surface area contributed by atoms with Crippen molar-refractivity contribution in [2.45, 2.75) is 82.5 Å². The van der Waals surface area contributed by atoms with Crippen molar-refractivity contribution in [1.29, 1.82) is 0 Å². The van der Waals surface area contributed by atoms with Crippen LogP contribution in [0.1, 0.15) is 58.3 Å². The van der Waals surface area contributed by atoms with Gasteiger partial charge < -0.3 is 10.6 Å². The Balaban J connectivity index is 1.23. The number of carbonyl (C=O) groups excluding carboxylic acids is 1. The lowest BCUT2D eigenvalue weighted by molar-refractivity contribution is -0.126. The van der Waals surface area contributed by atoms with Crippen molar-refractivity contribution >= 4 is 11.9 Å². The first-order valence-corrected chi connectivity index (χ1v) is 11.3. The predicted molar refractivity (Wildman–Crippen MR) is 109 cm³/mol. The molecule has 3 aliphatic heterocycles. The number of hydrogen-bond acceptors (Lipinski definition) is 5. The zero-order chi connectivity index (χ0) is 20.1. The summed E-state index contributed by atoms with van der Waals surface area (Å²) in [6.45, 7) is 3.16. The van der Waals surface area contributed by atoms with E-state index in [1.165, 1.54) is 38.1 Å². The molecule has 1 aromatic rings. The smallest absolute Gasteiger partial charge is 0.235 e. The number of primary amides is 1. The van der Waals surface area contributed by atoms with Crippen molar-refractivity contribution in [3.63, 3.8) is 0 Å². The van der Waals surface area contributed by atoms with Gasteiger partial charge in [0.2, 0.25) is 11.9 Å². The Morgan fingerprint density at radius 1 is 1.07 bits per heavy atom. The maximum atomic E-state index is 13.2. The van der Waals surface area contributed by atoms with Gasteiger partial charge in [0.25, 0.3) is 0 Å². The van der Waals surface area contributed by atoms with Gasteiger partial charge in [0.05, 0.1) is 18.4 Å². The van der Waals surface area contributed by atoms with Gasteiger partial charge in [0, 0.05) is 24.7 Å². The number of aromatic nitrogens is 2. The van der Waals surface area contributed by atoms with E-state index in [0.29, 0.717) is 35.9 Å². The van der Waals surface area contributed by atoms with Crippen LogP contribution in [0.3, 0.4) is 0 Å². The zero-order valence-corrected chi connectivity index (χ0v) is 17.2. The Morgan fingerprint density at radius 2 is 1.72 bits per heavy atom. The molecule has 1 aliphatic carbocycles. The second-order valence-corrected chi connectivity index (χ2v) is 9.78. The summed E-state index contributed by atoms with van der Waals surface area (Å²) in [6.07, 6.45) is 11.9. The van der Waals surface area contributed by atoms with Gasteiger partial charge in [-0.2, -0.15) is 0 Å². The summed E-state index contributed by atoms with van der Waals surface area (Å²) in [5.74, 6) is 2.09. The van der Waals surface area contributed by atoms with E-state index in [1.54, 1.807) is 0 Å². The average molecular weight is 402 g/mol. The minimum atomic E-state index is -0.390. The molecule has 5 rings (SSSR count). The summed E-state index contributed by atoms with van der Waals surface area (Å²) in [6, 6.07) is 1.40. The summed E-state index contributed by atoms with van der Waals surface area (Å²) in [7, 11) is 0. The third kappa shape index (κ3) is 3.62. The Labute approximate surface area is 172 Å². The van der Waals surface area contributed by atoms with Crippen LogP contribution in [0.15, 0.2) is 12.4 Å². The largest absolute Gasteiger partial charge is 0.368 e. The maximum Gasteiger partial charge on any atom is 0.235 e. The monoisotopic (exact) mass is 401 g/mol. The number of halogens is 1. The molecule has 7 heteroatoms. The molecular formula is C22H32FN5O. The van der Waals surface area contributed by atoms with E-state index in [4.69, 9.17) is 5.73 Å².